The number of thiocarbonyl (C=S) groups is 1. The van der Waals surface area contributed by atoms with Gasteiger partial charge in [0.2, 0.25) is 0 Å². The molecule has 0 radical (unpaired) electrons. The Morgan fingerprint density at radius 2 is 2.62 bits per heavy atom. The summed E-state index contributed by atoms with van der Waals surface area (Å²) in [5.41, 5.74) is 0. The molecule has 1 fully saturated rings. The summed E-state index contributed by atoms with van der Waals surface area (Å²) >= 11 is 4.44. The highest BCUT2D eigenvalue weighted by atomic mass is 32.1. The van der Waals surface area contributed by atoms with Crippen LogP contribution in [0.5, 0.6) is 0 Å². The summed E-state index contributed by atoms with van der Waals surface area (Å²) in [5, 5.41) is 5.56. The Morgan fingerprint density at radius 1 is 1.75 bits per heavy atom. The number of hydrogen-bond acceptors (Lipinski definition) is 3. The largest absolute Gasteiger partial charge is 0.314 e. The van der Waals surface area contributed by atoms with Crippen molar-refractivity contribution in [1.29, 1.82) is 0 Å². The van der Waals surface area contributed by atoms with Gasteiger partial charge in [0.25, 0.3) is 0 Å². The highest BCUT2D eigenvalue weighted by Crippen LogP contribution is 1.99. The first-order chi connectivity index (χ1) is 3.93. The zero-order valence-electron chi connectivity index (χ0n) is 4.55. The highest BCUT2D eigenvalue weighted by Gasteiger charge is 2.10. The van der Waals surface area contributed by atoms with Crippen LogP contribution < -0.4 is 5.32 Å². The van der Waals surface area contributed by atoms with Crippen molar-refractivity contribution >= 4 is 17.4 Å². The van der Waals surface area contributed by atoms with E-state index in [2.05, 4.69) is 27.7 Å². The molecule has 0 amide bonds. The minimum Gasteiger partial charge on any atom is -0.314 e. The second kappa shape index (κ2) is 2.92. The standard InChI is InChI=1S/C5H8N2S/c8-4-7-5-1-2-6-3-5/h5-6H,1-3H2/t5-/m0/s1. The summed E-state index contributed by atoms with van der Waals surface area (Å²) in [7, 11) is 0. The number of isothiocyanates is 1. The zero-order chi connectivity index (χ0) is 5.82. The van der Waals surface area contributed by atoms with Crippen LogP contribution in [0.2, 0.25) is 0 Å². The molecule has 1 atom stereocenters. The van der Waals surface area contributed by atoms with E-state index >= 15 is 0 Å². The first-order valence-electron chi connectivity index (χ1n) is 2.71. The average molecular weight is 128 g/mol. The molecule has 1 N–H and O–H groups in total. The van der Waals surface area contributed by atoms with Gasteiger partial charge in [0.05, 0.1) is 11.2 Å². The van der Waals surface area contributed by atoms with E-state index in [1.165, 1.54) is 0 Å². The van der Waals surface area contributed by atoms with Crippen LogP contribution in [0.25, 0.3) is 0 Å². The quantitative estimate of drug-likeness (QED) is 0.409. The normalized spacial score (nSPS) is 27.2. The van der Waals surface area contributed by atoms with Crippen LogP contribution in [0.4, 0.5) is 0 Å². The molecule has 1 rings (SSSR count). The van der Waals surface area contributed by atoms with E-state index in [1.54, 1.807) is 0 Å². The molecular formula is C5H8N2S. The van der Waals surface area contributed by atoms with E-state index in [1.807, 2.05) is 0 Å². The number of nitrogens with one attached hydrogen (secondary N) is 1. The molecule has 3 heteroatoms. The van der Waals surface area contributed by atoms with Crippen molar-refractivity contribution in [2.24, 2.45) is 4.99 Å². The molecule has 2 nitrogen and oxygen atoms in total. The number of aliphatic imine (C=N–C) groups is 1. The molecule has 1 aliphatic heterocycles. The van der Waals surface area contributed by atoms with Crippen LogP contribution in [-0.4, -0.2) is 24.3 Å². The van der Waals surface area contributed by atoms with E-state index in [4.69, 9.17) is 0 Å². The predicted octanol–water partition coefficient (Wildman–Crippen LogP) is 0.451. The van der Waals surface area contributed by atoms with E-state index in [0.717, 1.165) is 19.5 Å². The van der Waals surface area contributed by atoms with Gasteiger partial charge in [-0.15, -0.1) is 0 Å². The molecule has 0 spiro atoms. The van der Waals surface area contributed by atoms with Crippen molar-refractivity contribution in [3.63, 3.8) is 0 Å². The van der Waals surface area contributed by atoms with E-state index in [9.17, 15) is 0 Å². The van der Waals surface area contributed by atoms with Crippen molar-refractivity contribution in [2.45, 2.75) is 12.5 Å². The lowest BCUT2D eigenvalue weighted by atomic mass is 10.3. The number of nitrogens with zero attached hydrogens (tertiary/aromatic N) is 1. The monoisotopic (exact) mass is 128 g/mol. The van der Waals surface area contributed by atoms with Gasteiger partial charge in [-0.25, -0.2) is 4.99 Å². The second-order valence-corrected chi connectivity index (χ2v) is 2.05. The molecule has 0 aromatic rings. The minimum absolute atomic E-state index is 0.410. The summed E-state index contributed by atoms with van der Waals surface area (Å²) in [6.45, 7) is 2.05. The number of hydrogen-bond donors (Lipinski definition) is 1. The summed E-state index contributed by atoms with van der Waals surface area (Å²) in [6.07, 6.45) is 1.11. The predicted molar refractivity (Wildman–Crippen MR) is 36.3 cm³/mol. The fourth-order valence-corrected chi connectivity index (χ4v) is 0.973. The van der Waals surface area contributed by atoms with Gasteiger partial charge in [-0.3, -0.25) is 0 Å². The molecule has 1 aliphatic rings. The van der Waals surface area contributed by atoms with Crippen molar-refractivity contribution in [3.05, 3.63) is 0 Å². The summed E-state index contributed by atoms with van der Waals surface area (Å²) in [4.78, 5) is 3.93. The third-order valence-electron chi connectivity index (χ3n) is 1.27. The first-order valence-corrected chi connectivity index (χ1v) is 3.12. The highest BCUT2D eigenvalue weighted by molar-refractivity contribution is 7.78. The smallest absolute Gasteiger partial charge is 0.0739 e. The fraction of sp³-hybridized carbons (Fsp3) is 0.800. The lowest BCUT2D eigenvalue weighted by Gasteiger charge is -1.92. The van der Waals surface area contributed by atoms with Crippen LogP contribution in [0.15, 0.2) is 4.99 Å². The Labute approximate surface area is 54.0 Å². The molecule has 0 unspecified atom stereocenters. The maximum Gasteiger partial charge on any atom is 0.0739 e. The second-order valence-electron chi connectivity index (χ2n) is 1.87. The fourth-order valence-electron chi connectivity index (χ4n) is 0.824. The SMILES string of the molecule is S=C=N[C@H]1CCNC1. The Balaban J connectivity index is 2.35. The van der Waals surface area contributed by atoms with Gasteiger partial charge in [-0.05, 0) is 25.2 Å². The summed E-state index contributed by atoms with van der Waals surface area (Å²) in [6, 6.07) is 0.410. The third-order valence-corrected chi connectivity index (χ3v) is 1.37. The molecule has 0 bridgehead atoms. The molecule has 1 saturated heterocycles. The molecule has 0 aliphatic carbocycles. The third kappa shape index (κ3) is 1.37. The summed E-state index contributed by atoms with van der Waals surface area (Å²) in [5.74, 6) is 0. The molecule has 1 heterocycles. The Morgan fingerprint density at radius 3 is 3.12 bits per heavy atom. The van der Waals surface area contributed by atoms with Crippen LogP contribution in [0, 0.1) is 0 Å². The van der Waals surface area contributed by atoms with Gasteiger partial charge in [0.1, 0.15) is 0 Å². The van der Waals surface area contributed by atoms with Crippen molar-refractivity contribution in [3.8, 4) is 0 Å². The molecule has 0 aromatic heterocycles. The Hall–Kier alpha value is -0.240. The Kier molecular flexibility index (Phi) is 2.15. The van der Waals surface area contributed by atoms with Crippen molar-refractivity contribution in [1.82, 2.24) is 5.32 Å². The van der Waals surface area contributed by atoms with Crippen LogP contribution in [-0.2, 0) is 0 Å². The van der Waals surface area contributed by atoms with E-state index < -0.39 is 0 Å². The van der Waals surface area contributed by atoms with Gasteiger partial charge in [0, 0.05) is 6.54 Å². The van der Waals surface area contributed by atoms with E-state index in [0.29, 0.717) is 6.04 Å². The maximum absolute atomic E-state index is 4.44. The van der Waals surface area contributed by atoms with Crippen LogP contribution >= 0.6 is 12.2 Å². The van der Waals surface area contributed by atoms with E-state index in [-0.39, 0.29) is 0 Å². The molecule has 0 aromatic carbocycles. The van der Waals surface area contributed by atoms with Gasteiger partial charge >= 0.3 is 0 Å². The lowest BCUT2D eigenvalue weighted by Crippen LogP contribution is -2.10. The summed E-state index contributed by atoms with van der Waals surface area (Å²) < 4.78 is 0. The number of rotatable bonds is 1. The molecular weight excluding hydrogens is 120 g/mol. The van der Waals surface area contributed by atoms with Crippen molar-refractivity contribution in [2.75, 3.05) is 13.1 Å². The van der Waals surface area contributed by atoms with Crippen molar-refractivity contribution < 1.29 is 0 Å². The molecule has 44 valence electrons. The van der Waals surface area contributed by atoms with Crippen LogP contribution in [0.3, 0.4) is 0 Å². The maximum atomic E-state index is 4.44. The molecule has 0 saturated carbocycles. The zero-order valence-corrected chi connectivity index (χ0v) is 5.37. The van der Waals surface area contributed by atoms with Gasteiger partial charge in [0.15, 0.2) is 0 Å². The van der Waals surface area contributed by atoms with Crippen LogP contribution in [0.1, 0.15) is 6.42 Å². The van der Waals surface area contributed by atoms with Gasteiger partial charge < -0.3 is 5.32 Å². The first kappa shape index (κ1) is 5.89. The topological polar surface area (TPSA) is 24.4 Å². The lowest BCUT2D eigenvalue weighted by molar-refractivity contribution is 0.750. The molecule has 8 heavy (non-hydrogen) atoms. The average Bonchev–Trinajstić information content (AvgIpc) is 2.19. The van der Waals surface area contributed by atoms with Gasteiger partial charge in [-0.1, -0.05) is 0 Å². The minimum atomic E-state index is 0.410. The Bertz CT molecular complexity index is 112. The van der Waals surface area contributed by atoms with Gasteiger partial charge in [-0.2, -0.15) is 0 Å².